The van der Waals surface area contributed by atoms with E-state index in [0.29, 0.717) is 6.54 Å². The maximum Gasteiger partial charge on any atom is 0.308 e. The van der Waals surface area contributed by atoms with Gasteiger partial charge in [0.15, 0.2) is 0 Å². The normalized spacial score (nSPS) is 25.0. The predicted molar refractivity (Wildman–Crippen MR) is 96.8 cm³/mol. The van der Waals surface area contributed by atoms with Crippen LogP contribution in [0.25, 0.3) is 0 Å². The van der Waals surface area contributed by atoms with E-state index < -0.39 is 11.9 Å². The molecule has 0 saturated carbocycles. The van der Waals surface area contributed by atoms with E-state index in [1.54, 1.807) is 16.7 Å². The third-order valence-electron chi connectivity index (χ3n) is 5.17. The summed E-state index contributed by atoms with van der Waals surface area (Å²) in [4.78, 5) is 27.7. The summed E-state index contributed by atoms with van der Waals surface area (Å²) in [6, 6.07) is 17.7. The Labute approximate surface area is 150 Å². The Morgan fingerprint density at radius 1 is 1.00 bits per heavy atom. The SMILES string of the molecule is O=C(O)[C@@H]1CN(C(=O)C2CSc3ccccc32)C[C@@H]1c1ccccc1. The first-order valence-electron chi connectivity index (χ1n) is 8.43. The van der Waals surface area contributed by atoms with Crippen LogP contribution in [0.1, 0.15) is 23.0 Å². The maximum absolute atomic E-state index is 13.1. The summed E-state index contributed by atoms with van der Waals surface area (Å²) < 4.78 is 0. The van der Waals surface area contributed by atoms with Crippen molar-refractivity contribution < 1.29 is 14.7 Å². The molecule has 0 spiro atoms. The van der Waals surface area contributed by atoms with E-state index in [0.717, 1.165) is 21.8 Å². The van der Waals surface area contributed by atoms with Gasteiger partial charge in [0.05, 0.1) is 11.8 Å². The van der Waals surface area contributed by atoms with Crippen LogP contribution in [0.2, 0.25) is 0 Å². The molecular weight excluding hydrogens is 334 g/mol. The summed E-state index contributed by atoms with van der Waals surface area (Å²) in [7, 11) is 0. The first-order valence-corrected chi connectivity index (χ1v) is 9.42. The van der Waals surface area contributed by atoms with Crippen LogP contribution in [0, 0.1) is 5.92 Å². The lowest BCUT2D eigenvalue weighted by Gasteiger charge is -2.21. The number of carboxylic acid groups (broad SMARTS) is 1. The molecule has 2 aliphatic heterocycles. The van der Waals surface area contributed by atoms with Gasteiger partial charge in [0, 0.05) is 29.7 Å². The number of rotatable bonds is 3. The minimum Gasteiger partial charge on any atom is -0.481 e. The maximum atomic E-state index is 13.1. The lowest BCUT2D eigenvalue weighted by molar-refractivity contribution is -0.141. The van der Waals surface area contributed by atoms with Gasteiger partial charge < -0.3 is 10.0 Å². The Morgan fingerprint density at radius 2 is 1.72 bits per heavy atom. The highest BCUT2D eigenvalue weighted by molar-refractivity contribution is 7.99. The predicted octanol–water partition coefficient (Wildman–Crippen LogP) is 3.20. The fraction of sp³-hybridized carbons (Fsp3) is 0.300. The van der Waals surface area contributed by atoms with Gasteiger partial charge in [0.2, 0.25) is 5.91 Å². The van der Waals surface area contributed by atoms with E-state index in [1.807, 2.05) is 54.6 Å². The molecular formula is C20H19NO3S. The number of carboxylic acids is 1. The Hall–Kier alpha value is -2.27. The van der Waals surface area contributed by atoms with Crippen molar-refractivity contribution in [3.8, 4) is 0 Å². The van der Waals surface area contributed by atoms with Crippen molar-refractivity contribution in [3.63, 3.8) is 0 Å². The van der Waals surface area contributed by atoms with Gasteiger partial charge in [-0.05, 0) is 17.2 Å². The van der Waals surface area contributed by atoms with Gasteiger partial charge >= 0.3 is 5.97 Å². The number of likely N-dealkylation sites (tertiary alicyclic amines) is 1. The average Bonchev–Trinajstić information content (AvgIpc) is 3.27. The largest absolute Gasteiger partial charge is 0.481 e. The Morgan fingerprint density at radius 3 is 2.48 bits per heavy atom. The lowest BCUT2D eigenvalue weighted by atomic mass is 9.89. The summed E-state index contributed by atoms with van der Waals surface area (Å²) >= 11 is 1.70. The number of thioether (sulfide) groups is 1. The van der Waals surface area contributed by atoms with Crippen molar-refractivity contribution in [2.75, 3.05) is 18.8 Å². The molecule has 1 N–H and O–H groups in total. The minimum atomic E-state index is -0.828. The second-order valence-electron chi connectivity index (χ2n) is 6.61. The smallest absolute Gasteiger partial charge is 0.308 e. The number of hydrogen-bond acceptors (Lipinski definition) is 3. The monoisotopic (exact) mass is 353 g/mol. The van der Waals surface area contributed by atoms with Gasteiger partial charge in [0.25, 0.3) is 0 Å². The van der Waals surface area contributed by atoms with E-state index in [-0.39, 0.29) is 24.3 Å². The number of carbonyl (C=O) groups excluding carboxylic acids is 1. The molecule has 1 saturated heterocycles. The minimum absolute atomic E-state index is 0.0575. The fourth-order valence-electron chi connectivity index (χ4n) is 3.86. The third kappa shape index (κ3) is 2.93. The van der Waals surface area contributed by atoms with Crippen LogP contribution in [0.4, 0.5) is 0 Å². The van der Waals surface area contributed by atoms with Crippen LogP contribution in [0.5, 0.6) is 0 Å². The van der Waals surface area contributed by atoms with Crippen molar-refractivity contribution in [1.29, 1.82) is 0 Å². The van der Waals surface area contributed by atoms with E-state index >= 15 is 0 Å². The average molecular weight is 353 g/mol. The molecule has 0 aliphatic carbocycles. The highest BCUT2D eigenvalue weighted by atomic mass is 32.2. The van der Waals surface area contributed by atoms with Crippen molar-refractivity contribution in [2.24, 2.45) is 5.92 Å². The van der Waals surface area contributed by atoms with E-state index in [9.17, 15) is 14.7 Å². The number of nitrogens with zero attached hydrogens (tertiary/aromatic N) is 1. The second kappa shape index (κ2) is 6.56. The second-order valence-corrected chi connectivity index (χ2v) is 7.67. The van der Waals surface area contributed by atoms with Crippen LogP contribution < -0.4 is 0 Å². The molecule has 0 radical (unpaired) electrons. The molecule has 1 unspecified atom stereocenters. The molecule has 4 rings (SSSR count). The van der Waals surface area contributed by atoms with Crippen LogP contribution in [0.3, 0.4) is 0 Å². The Balaban J connectivity index is 1.58. The molecule has 2 heterocycles. The van der Waals surface area contributed by atoms with Gasteiger partial charge in [-0.3, -0.25) is 9.59 Å². The third-order valence-corrected chi connectivity index (χ3v) is 6.36. The summed E-state index contributed by atoms with van der Waals surface area (Å²) in [6.07, 6.45) is 0. The molecule has 2 aromatic rings. The number of benzene rings is 2. The Bertz CT molecular complexity index is 808. The molecule has 1 fully saturated rings. The van der Waals surface area contributed by atoms with Crippen LogP contribution >= 0.6 is 11.8 Å². The van der Waals surface area contributed by atoms with E-state index in [4.69, 9.17) is 0 Å². The molecule has 5 heteroatoms. The molecule has 1 amide bonds. The van der Waals surface area contributed by atoms with Gasteiger partial charge in [-0.2, -0.15) is 0 Å². The zero-order valence-corrected chi connectivity index (χ0v) is 14.5. The zero-order chi connectivity index (χ0) is 17.4. The zero-order valence-electron chi connectivity index (χ0n) is 13.7. The van der Waals surface area contributed by atoms with Gasteiger partial charge in [-0.15, -0.1) is 11.8 Å². The number of aliphatic carboxylic acids is 1. The molecule has 2 aromatic carbocycles. The first kappa shape index (κ1) is 16.2. The van der Waals surface area contributed by atoms with Crippen molar-refractivity contribution in [3.05, 3.63) is 65.7 Å². The molecule has 0 bridgehead atoms. The number of amides is 1. The van der Waals surface area contributed by atoms with Gasteiger partial charge in [0.1, 0.15) is 0 Å². The first-order chi connectivity index (χ1) is 12.1. The van der Waals surface area contributed by atoms with Crippen LogP contribution in [-0.2, 0) is 9.59 Å². The molecule has 2 aliphatic rings. The summed E-state index contributed by atoms with van der Waals surface area (Å²) in [5, 5.41) is 9.63. The number of hydrogen-bond donors (Lipinski definition) is 1. The summed E-state index contributed by atoms with van der Waals surface area (Å²) in [6.45, 7) is 0.764. The van der Waals surface area contributed by atoms with Crippen LogP contribution in [-0.4, -0.2) is 40.7 Å². The van der Waals surface area contributed by atoms with Crippen LogP contribution in [0.15, 0.2) is 59.5 Å². The van der Waals surface area contributed by atoms with E-state index in [1.165, 1.54) is 0 Å². The molecule has 25 heavy (non-hydrogen) atoms. The lowest BCUT2D eigenvalue weighted by Crippen LogP contribution is -2.34. The summed E-state index contributed by atoms with van der Waals surface area (Å²) in [5.41, 5.74) is 2.07. The molecule has 3 atom stereocenters. The topological polar surface area (TPSA) is 57.6 Å². The van der Waals surface area contributed by atoms with Gasteiger partial charge in [-0.1, -0.05) is 48.5 Å². The fourth-order valence-corrected chi connectivity index (χ4v) is 5.08. The number of fused-ring (bicyclic) bond motifs is 1. The number of carbonyl (C=O) groups is 2. The standard InChI is InChI=1S/C20H19NO3S/c22-19(17-12-25-18-9-5-4-8-14(17)18)21-10-15(16(11-21)20(23)24)13-6-2-1-3-7-13/h1-9,15-17H,10-12H2,(H,23,24)/t15-,16-,17?/m1/s1. The van der Waals surface area contributed by atoms with Crippen molar-refractivity contribution >= 4 is 23.6 Å². The highest BCUT2D eigenvalue weighted by Gasteiger charge is 2.43. The van der Waals surface area contributed by atoms with Gasteiger partial charge in [-0.25, -0.2) is 0 Å². The molecule has 0 aromatic heterocycles. The Kier molecular flexibility index (Phi) is 4.25. The van der Waals surface area contributed by atoms with Crippen molar-refractivity contribution in [1.82, 2.24) is 4.90 Å². The van der Waals surface area contributed by atoms with Crippen molar-refractivity contribution in [2.45, 2.75) is 16.7 Å². The summed E-state index contributed by atoms with van der Waals surface area (Å²) in [5.74, 6) is -0.886. The van der Waals surface area contributed by atoms with E-state index in [2.05, 4.69) is 0 Å². The molecule has 4 nitrogen and oxygen atoms in total. The highest BCUT2D eigenvalue weighted by Crippen LogP contribution is 2.42. The molecule has 128 valence electrons. The quantitative estimate of drug-likeness (QED) is 0.921.